The molecule has 1 atom stereocenters. The summed E-state index contributed by atoms with van der Waals surface area (Å²) < 4.78 is 16.5. The van der Waals surface area contributed by atoms with Gasteiger partial charge in [0.1, 0.15) is 0 Å². The first kappa shape index (κ1) is 22.3. The highest BCUT2D eigenvalue weighted by Crippen LogP contribution is 2.29. The number of carbonyl (C=O) groups is 2. The molecule has 2 aromatic carbocycles. The average molecular weight is 399 g/mol. The first-order valence-corrected chi connectivity index (χ1v) is 9.81. The Hall–Kier alpha value is -3.02. The van der Waals surface area contributed by atoms with Gasteiger partial charge in [-0.05, 0) is 43.5 Å². The van der Waals surface area contributed by atoms with E-state index in [-0.39, 0.29) is 18.6 Å². The molecule has 1 amide bonds. The fraction of sp³-hybridized carbons (Fsp3) is 0.391. The van der Waals surface area contributed by atoms with Crippen LogP contribution in [0.1, 0.15) is 49.7 Å². The van der Waals surface area contributed by atoms with E-state index in [0.717, 1.165) is 5.56 Å². The number of hydrogen-bond donors (Lipinski definition) is 1. The number of hydrogen-bond acceptors (Lipinski definition) is 5. The van der Waals surface area contributed by atoms with Gasteiger partial charge in [-0.1, -0.05) is 44.2 Å². The summed E-state index contributed by atoms with van der Waals surface area (Å²) in [4.78, 5) is 24.4. The second-order valence-corrected chi connectivity index (χ2v) is 7.08. The zero-order valence-electron chi connectivity index (χ0n) is 17.4. The smallest absolute Gasteiger partial charge is 0.338 e. The van der Waals surface area contributed by atoms with Crippen molar-refractivity contribution in [1.29, 1.82) is 0 Å². The van der Waals surface area contributed by atoms with Crippen LogP contribution in [0.3, 0.4) is 0 Å². The van der Waals surface area contributed by atoms with Crippen molar-refractivity contribution < 1.29 is 23.8 Å². The Labute approximate surface area is 172 Å². The third kappa shape index (κ3) is 7.14. The number of amides is 1. The summed E-state index contributed by atoms with van der Waals surface area (Å²) in [5.41, 5.74) is 1.28. The lowest BCUT2D eigenvalue weighted by Crippen LogP contribution is -2.31. The molecule has 6 heteroatoms. The fourth-order valence-electron chi connectivity index (χ4n) is 2.60. The first-order valence-electron chi connectivity index (χ1n) is 9.81. The lowest BCUT2D eigenvalue weighted by atomic mass is 10.1. The van der Waals surface area contributed by atoms with Crippen LogP contribution in [0.4, 0.5) is 0 Å². The minimum Gasteiger partial charge on any atom is -0.490 e. The molecule has 0 saturated carbocycles. The van der Waals surface area contributed by atoms with Gasteiger partial charge in [0.2, 0.25) is 0 Å². The number of ether oxygens (including phenoxy) is 3. The third-order valence-electron chi connectivity index (χ3n) is 4.06. The van der Waals surface area contributed by atoms with Gasteiger partial charge in [0, 0.05) is 0 Å². The summed E-state index contributed by atoms with van der Waals surface area (Å²) in [5, 5.41) is 2.81. The monoisotopic (exact) mass is 399 g/mol. The van der Waals surface area contributed by atoms with E-state index in [1.165, 1.54) is 0 Å². The van der Waals surface area contributed by atoms with Gasteiger partial charge in [0.15, 0.2) is 18.1 Å². The van der Waals surface area contributed by atoms with Crippen molar-refractivity contribution in [3.63, 3.8) is 0 Å². The van der Waals surface area contributed by atoms with Crippen molar-refractivity contribution >= 4 is 11.9 Å². The molecule has 0 saturated heterocycles. The molecule has 156 valence electrons. The Bertz CT molecular complexity index is 804. The lowest BCUT2D eigenvalue weighted by molar-refractivity contribution is -0.124. The number of nitrogens with one attached hydrogen (secondary N) is 1. The van der Waals surface area contributed by atoms with E-state index in [1.54, 1.807) is 18.2 Å². The van der Waals surface area contributed by atoms with E-state index in [9.17, 15) is 9.59 Å². The molecule has 1 N–H and O–H groups in total. The fourth-order valence-corrected chi connectivity index (χ4v) is 2.60. The highest BCUT2D eigenvalue weighted by atomic mass is 16.5. The minimum atomic E-state index is -0.594. The van der Waals surface area contributed by atoms with Crippen LogP contribution in [0.5, 0.6) is 11.5 Å². The zero-order valence-corrected chi connectivity index (χ0v) is 17.4. The van der Waals surface area contributed by atoms with Gasteiger partial charge in [-0.3, -0.25) is 4.79 Å². The van der Waals surface area contributed by atoms with Gasteiger partial charge >= 0.3 is 5.97 Å². The van der Waals surface area contributed by atoms with Crippen molar-refractivity contribution in [3.8, 4) is 11.5 Å². The normalized spacial score (nSPS) is 11.6. The molecule has 2 rings (SSSR count). The van der Waals surface area contributed by atoms with Crippen LogP contribution in [0.25, 0.3) is 0 Å². The van der Waals surface area contributed by atoms with E-state index in [0.29, 0.717) is 36.2 Å². The van der Waals surface area contributed by atoms with Crippen LogP contribution in [0.2, 0.25) is 0 Å². The van der Waals surface area contributed by atoms with E-state index < -0.39 is 5.97 Å². The van der Waals surface area contributed by atoms with Crippen LogP contribution < -0.4 is 14.8 Å². The molecular weight excluding hydrogens is 370 g/mol. The summed E-state index contributed by atoms with van der Waals surface area (Å²) >= 11 is 0. The summed E-state index contributed by atoms with van der Waals surface area (Å²) in [6.45, 7) is 8.46. The van der Waals surface area contributed by atoms with Gasteiger partial charge in [-0.2, -0.15) is 0 Å². The highest BCUT2D eigenvalue weighted by molar-refractivity contribution is 5.92. The molecule has 0 aliphatic carbocycles. The van der Waals surface area contributed by atoms with Crippen molar-refractivity contribution in [3.05, 3.63) is 59.7 Å². The van der Waals surface area contributed by atoms with Crippen LogP contribution in [0, 0.1) is 5.92 Å². The first-order chi connectivity index (χ1) is 13.9. The Balaban J connectivity index is 1.93. The van der Waals surface area contributed by atoms with E-state index in [4.69, 9.17) is 14.2 Å². The third-order valence-corrected chi connectivity index (χ3v) is 4.06. The summed E-state index contributed by atoms with van der Waals surface area (Å²) in [7, 11) is 0. The van der Waals surface area contributed by atoms with Crippen molar-refractivity contribution in [2.75, 3.05) is 19.8 Å². The van der Waals surface area contributed by atoms with Gasteiger partial charge in [0.05, 0.1) is 24.8 Å². The van der Waals surface area contributed by atoms with Crippen LogP contribution in [-0.4, -0.2) is 31.7 Å². The SMILES string of the molecule is CCOc1cc(C(=O)OCC(=O)N[C@@H](C)c2ccccc2)ccc1OCC(C)C. The Morgan fingerprint density at radius 2 is 1.69 bits per heavy atom. The largest absolute Gasteiger partial charge is 0.490 e. The maximum Gasteiger partial charge on any atom is 0.338 e. The standard InChI is InChI=1S/C23H29NO5/c1-5-27-21-13-19(11-12-20(21)28-14-16(2)3)23(26)29-15-22(25)24-17(4)18-9-7-6-8-10-18/h6-13,16-17H,5,14-15H2,1-4H3,(H,24,25)/t17-/m0/s1. The molecular formula is C23H29NO5. The predicted molar refractivity (Wildman–Crippen MR) is 111 cm³/mol. The molecule has 6 nitrogen and oxygen atoms in total. The lowest BCUT2D eigenvalue weighted by Gasteiger charge is -2.15. The van der Waals surface area contributed by atoms with Gasteiger partial charge in [-0.15, -0.1) is 0 Å². The second-order valence-electron chi connectivity index (χ2n) is 7.08. The van der Waals surface area contributed by atoms with Gasteiger partial charge < -0.3 is 19.5 Å². The molecule has 0 aliphatic rings. The van der Waals surface area contributed by atoms with Gasteiger partial charge in [-0.25, -0.2) is 4.79 Å². The van der Waals surface area contributed by atoms with Crippen molar-refractivity contribution in [2.24, 2.45) is 5.92 Å². The molecule has 0 unspecified atom stereocenters. The highest BCUT2D eigenvalue weighted by Gasteiger charge is 2.16. The quantitative estimate of drug-likeness (QED) is 0.608. The topological polar surface area (TPSA) is 73.9 Å². The Morgan fingerprint density at radius 3 is 2.34 bits per heavy atom. The van der Waals surface area contributed by atoms with Crippen LogP contribution in [-0.2, 0) is 9.53 Å². The average Bonchev–Trinajstić information content (AvgIpc) is 2.71. The molecule has 0 aliphatic heterocycles. The van der Waals surface area contributed by atoms with Crippen molar-refractivity contribution in [1.82, 2.24) is 5.32 Å². The molecule has 0 fully saturated rings. The Kier molecular flexibility index (Phi) is 8.52. The maximum atomic E-state index is 12.3. The zero-order chi connectivity index (χ0) is 21.2. The molecule has 0 bridgehead atoms. The van der Waals surface area contributed by atoms with Gasteiger partial charge in [0.25, 0.3) is 5.91 Å². The second kappa shape index (κ2) is 11.1. The summed E-state index contributed by atoms with van der Waals surface area (Å²) in [6, 6.07) is 14.3. The van der Waals surface area contributed by atoms with Crippen molar-refractivity contribution in [2.45, 2.75) is 33.7 Å². The van der Waals surface area contributed by atoms with Crippen LogP contribution in [0.15, 0.2) is 48.5 Å². The number of rotatable bonds is 10. The summed E-state index contributed by atoms with van der Waals surface area (Å²) in [6.07, 6.45) is 0. The van der Waals surface area contributed by atoms with E-state index >= 15 is 0 Å². The number of carbonyl (C=O) groups excluding carboxylic acids is 2. The van der Waals surface area contributed by atoms with E-state index in [1.807, 2.05) is 44.2 Å². The molecule has 0 spiro atoms. The minimum absolute atomic E-state index is 0.177. The Morgan fingerprint density at radius 1 is 0.966 bits per heavy atom. The predicted octanol–water partition coefficient (Wildman–Crippen LogP) is 4.15. The molecule has 0 radical (unpaired) electrons. The molecule has 0 aromatic heterocycles. The van der Waals surface area contributed by atoms with Crippen LogP contribution >= 0.6 is 0 Å². The molecule has 0 heterocycles. The molecule has 2 aromatic rings. The molecule has 29 heavy (non-hydrogen) atoms. The summed E-state index contributed by atoms with van der Waals surface area (Å²) in [5.74, 6) is 0.461. The number of benzene rings is 2. The maximum absolute atomic E-state index is 12.3. The van der Waals surface area contributed by atoms with E-state index in [2.05, 4.69) is 19.2 Å². The number of esters is 1.